The molecule has 1 aliphatic rings. The van der Waals surface area contributed by atoms with Gasteiger partial charge in [-0.15, -0.1) is 0 Å². The smallest absolute Gasteiger partial charge is 0.320 e. The molecule has 0 aromatic carbocycles. The summed E-state index contributed by atoms with van der Waals surface area (Å²) in [6.45, 7) is 2.04. The Morgan fingerprint density at radius 1 is 1.45 bits per heavy atom. The minimum Gasteiger partial charge on any atom is -0.480 e. The maximum Gasteiger partial charge on any atom is 0.320 e. The largest absolute Gasteiger partial charge is 0.480 e. The van der Waals surface area contributed by atoms with Crippen molar-refractivity contribution in [1.82, 2.24) is 5.32 Å². The highest BCUT2D eigenvalue weighted by molar-refractivity contribution is 5.73. The molecule has 1 fully saturated rings. The second kappa shape index (κ2) is 3.72. The van der Waals surface area contributed by atoms with E-state index in [1.54, 1.807) is 0 Å². The average molecular weight is 157 g/mol. The molecule has 64 valence electrons. The quantitative estimate of drug-likeness (QED) is 0.596. The summed E-state index contributed by atoms with van der Waals surface area (Å²) in [5.41, 5.74) is 0. The molecule has 0 radical (unpaired) electrons. The first-order valence-electron chi connectivity index (χ1n) is 4.19. The van der Waals surface area contributed by atoms with E-state index in [0.29, 0.717) is 6.04 Å². The predicted molar refractivity (Wildman–Crippen MR) is 42.5 cm³/mol. The molecular formula is C8H15NO2. The fourth-order valence-corrected chi connectivity index (χ4v) is 1.50. The minimum atomic E-state index is -0.709. The van der Waals surface area contributed by atoms with Gasteiger partial charge in [-0.05, 0) is 19.8 Å². The van der Waals surface area contributed by atoms with E-state index >= 15 is 0 Å². The first-order chi connectivity index (χ1) is 5.20. The first-order valence-corrected chi connectivity index (χ1v) is 4.19. The number of carbonyl (C=O) groups is 1. The van der Waals surface area contributed by atoms with Gasteiger partial charge >= 0.3 is 5.97 Å². The highest BCUT2D eigenvalue weighted by atomic mass is 16.4. The van der Waals surface area contributed by atoms with Crippen LogP contribution >= 0.6 is 0 Å². The van der Waals surface area contributed by atoms with Crippen molar-refractivity contribution in [3.8, 4) is 0 Å². The van der Waals surface area contributed by atoms with Crippen molar-refractivity contribution in [2.24, 2.45) is 0 Å². The Morgan fingerprint density at radius 2 is 2.09 bits per heavy atom. The lowest BCUT2D eigenvalue weighted by Crippen LogP contribution is -2.40. The molecular weight excluding hydrogens is 142 g/mol. The standard InChI is InChI=1S/C8H15NO2/c1-6-4-2-3-5-7(9-6)8(10)11/h6-7,9H,2-5H2,1H3,(H,10,11)/t6-,7-/m0/s1. The molecule has 1 rings (SSSR count). The third-order valence-electron chi connectivity index (χ3n) is 2.16. The molecule has 3 heteroatoms. The third kappa shape index (κ3) is 2.50. The van der Waals surface area contributed by atoms with Crippen LogP contribution in [-0.4, -0.2) is 23.2 Å². The Morgan fingerprint density at radius 3 is 2.73 bits per heavy atom. The summed E-state index contributed by atoms with van der Waals surface area (Å²) >= 11 is 0. The van der Waals surface area contributed by atoms with Gasteiger partial charge in [0.25, 0.3) is 0 Å². The van der Waals surface area contributed by atoms with E-state index in [-0.39, 0.29) is 6.04 Å². The lowest BCUT2D eigenvalue weighted by molar-refractivity contribution is -0.139. The van der Waals surface area contributed by atoms with Crippen LogP contribution < -0.4 is 5.32 Å². The minimum absolute atomic E-state index is 0.313. The Kier molecular flexibility index (Phi) is 2.88. The Balaban J connectivity index is 2.45. The Bertz CT molecular complexity index is 147. The molecule has 2 atom stereocenters. The van der Waals surface area contributed by atoms with Gasteiger partial charge in [-0.2, -0.15) is 0 Å². The van der Waals surface area contributed by atoms with Gasteiger partial charge in [-0.3, -0.25) is 4.79 Å². The van der Waals surface area contributed by atoms with E-state index in [9.17, 15) is 4.79 Å². The molecule has 2 N–H and O–H groups in total. The molecule has 0 unspecified atom stereocenters. The number of hydrogen-bond acceptors (Lipinski definition) is 2. The highest BCUT2D eigenvalue weighted by Crippen LogP contribution is 2.12. The van der Waals surface area contributed by atoms with Crippen LogP contribution in [0.25, 0.3) is 0 Å². The van der Waals surface area contributed by atoms with Crippen LogP contribution in [0.3, 0.4) is 0 Å². The lowest BCUT2D eigenvalue weighted by atomic mass is 10.1. The van der Waals surface area contributed by atoms with E-state index in [2.05, 4.69) is 5.32 Å². The van der Waals surface area contributed by atoms with Crippen molar-refractivity contribution in [2.75, 3.05) is 0 Å². The van der Waals surface area contributed by atoms with Crippen molar-refractivity contribution >= 4 is 5.97 Å². The van der Waals surface area contributed by atoms with E-state index in [1.165, 1.54) is 0 Å². The summed E-state index contributed by atoms with van der Waals surface area (Å²) < 4.78 is 0. The molecule has 0 amide bonds. The fraction of sp³-hybridized carbons (Fsp3) is 0.875. The Hall–Kier alpha value is -0.570. The van der Waals surface area contributed by atoms with Crippen molar-refractivity contribution in [1.29, 1.82) is 0 Å². The van der Waals surface area contributed by atoms with Crippen LogP contribution in [0.1, 0.15) is 32.6 Å². The molecule has 0 aliphatic carbocycles. The highest BCUT2D eigenvalue weighted by Gasteiger charge is 2.21. The zero-order valence-corrected chi connectivity index (χ0v) is 6.84. The topological polar surface area (TPSA) is 49.3 Å². The van der Waals surface area contributed by atoms with E-state index < -0.39 is 5.97 Å². The zero-order chi connectivity index (χ0) is 8.27. The van der Waals surface area contributed by atoms with Crippen molar-refractivity contribution < 1.29 is 9.90 Å². The number of rotatable bonds is 1. The monoisotopic (exact) mass is 157 g/mol. The summed E-state index contributed by atoms with van der Waals surface area (Å²) in [4.78, 5) is 10.6. The SMILES string of the molecule is C[C@H]1CCCC[C@@H](C(=O)O)N1. The van der Waals surface area contributed by atoms with Gasteiger partial charge in [0, 0.05) is 6.04 Å². The molecule has 1 aliphatic heterocycles. The first kappa shape index (κ1) is 8.53. The van der Waals surface area contributed by atoms with Gasteiger partial charge in [0.1, 0.15) is 6.04 Å². The van der Waals surface area contributed by atoms with Gasteiger partial charge < -0.3 is 10.4 Å². The predicted octanol–water partition coefficient (Wildman–Crippen LogP) is 0.992. The van der Waals surface area contributed by atoms with Crippen LogP contribution in [0.5, 0.6) is 0 Å². The van der Waals surface area contributed by atoms with Gasteiger partial charge in [0.2, 0.25) is 0 Å². The van der Waals surface area contributed by atoms with E-state index in [1.807, 2.05) is 6.92 Å². The maximum absolute atomic E-state index is 10.6. The van der Waals surface area contributed by atoms with Crippen molar-refractivity contribution in [3.63, 3.8) is 0 Å². The molecule has 0 aromatic heterocycles. The van der Waals surface area contributed by atoms with Crippen LogP contribution in [0, 0.1) is 0 Å². The lowest BCUT2D eigenvalue weighted by Gasteiger charge is -2.14. The summed E-state index contributed by atoms with van der Waals surface area (Å²) in [5, 5.41) is 11.8. The molecule has 11 heavy (non-hydrogen) atoms. The third-order valence-corrected chi connectivity index (χ3v) is 2.16. The number of carboxylic acid groups (broad SMARTS) is 1. The fourth-order valence-electron chi connectivity index (χ4n) is 1.50. The number of nitrogens with one attached hydrogen (secondary N) is 1. The van der Waals surface area contributed by atoms with Crippen LogP contribution in [0.15, 0.2) is 0 Å². The molecule has 0 aromatic rings. The second-order valence-corrected chi connectivity index (χ2v) is 3.24. The summed E-state index contributed by atoms with van der Waals surface area (Å²) in [7, 11) is 0. The molecule has 0 spiro atoms. The zero-order valence-electron chi connectivity index (χ0n) is 6.84. The maximum atomic E-state index is 10.6. The van der Waals surface area contributed by atoms with Gasteiger partial charge in [0.05, 0.1) is 0 Å². The van der Waals surface area contributed by atoms with Gasteiger partial charge in [0.15, 0.2) is 0 Å². The molecule has 0 bridgehead atoms. The molecule has 1 heterocycles. The summed E-state index contributed by atoms with van der Waals surface area (Å²) in [5.74, 6) is -0.709. The second-order valence-electron chi connectivity index (χ2n) is 3.24. The van der Waals surface area contributed by atoms with E-state index in [0.717, 1.165) is 25.7 Å². The summed E-state index contributed by atoms with van der Waals surface area (Å²) in [6.07, 6.45) is 4.07. The summed E-state index contributed by atoms with van der Waals surface area (Å²) in [6, 6.07) is 0.0473. The number of hydrogen-bond donors (Lipinski definition) is 2. The normalized spacial score (nSPS) is 32.8. The van der Waals surface area contributed by atoms with Crippen molar-refractivity contribution in [2.45, 2.75) is 44.7 Å². The molecule has 1 saturated heterocycles. The molecule has 0 saturated carbocycles. The number of carboxylic acids is 1. The van der Waals surface area contributed by atoms with Gasteiger partial charge in [-0.1, -0.05) is 12.8 Å². The van der Waals surface area contributed by atoms with Crippen LogP contribution in [-0.2, 0) is 4.79 Å². The average Bonchev–Trinajstić information content (AvgIpc) is 2.13. The molecule has 3 nitrogen and oxygen atoms in total. The van der Waals surface area contributed by atoms with Gasteiger partial charge in [-0.25, -0.2) is 0 Å². The van der Waals surface area contributed by atoms with Crippen LogP contribution in [0.4, 0.5) is 0 Å². The number of aliphatic carboxylic acids is 1. The van der Waals surface area contributed by atoms with Crippen LogP contribution in [0.2, 0.25) is 0 Å². The Labute approximate surface area is 66.8 Å². The van der Waals surface area contributed by atoms with E-state index in [4.69, 9.17) is 5.11 Å². The van der Waals surface area contributed by atoms with Crippen molar-refractivity contribution in [3.05, 3.63) is 0 Å².